The zero-order valence-electron chi connectivity index (χ0n) is 13.8. The maximum Gasteiger partial charge on any atom is 0.335 e. The molecule has 2 aromatic carbocycles. The fourth-order valence-corrected chi connectivity index (χ4v) is 3.61. The van der Waals surface area contributed by atoms with Crippen LogP contribution in [0.4, 0.5) is 4.39 Å². The summed E-state index contributed by atoms with van der Waals surface area (Å²) in [5.74, 6) is -1.85. The van der Waals surface area contributed by atoms with E-state index >= 15 is 0 Å². The molecule has 1 N–H and O–H groups in total. The summed E-state index contributed by atoms with van der Waals surface area (Å²) in [4.78, 5) is 25.6. The molecule has 0 bridgehead atoms. The van der Waals surface area contributed by atoms with E-state index in [0.717, 1.165) is 11.1 Å². The highest BCUT2D eigenvalue weighted by Crippen LogP contribution is 2.43. The van der Waals surface area contributed by atoms with E-state index in [0.29, 0.717) is 6.42 Å². The van der Waals surface area contributed by atoms with E-state index in [2.05, 4.69) is 0 Å². The Morgan fingerprint density at radius 2 is 1.96 bits per heavy atom. The van der Waals surface area contributed by atoms with Gasteiger partial charge in [0.15, 0.2) is 0 Å². The van der Waals surface area contributed by atoms with Crippen LogP contribution in [0.2, 0.25) is 5.02 Å². The lowest BCUT2D eigenvalue weighted by atomic mass is 10.0. The lowest BCUT2D eigenvalue weighted by Crippen LogP contribution is -2.30. The highest BCUT2D eigenvalue weighted by molar-refractivity contribution is 6.34. The maximum atomic E-state index is 13.7. The molecule has 0 spiro atoms. The van der Waals surface area contributed by atoms with Crippen molar-refractivity contribution < 1.29 is 19.1 Å². The molecule has 1 unspecified atom stereocenters. The van der Waals surface area contributed by atoms with Gasteiger partial charge < -0.3 is 10.0 Å². The minimum atomic E-state index is -1.01. The van der Waals surface area contributed by atoms with Crippen LogP contribution < -0.4 is 0 Å². The Kier molecular flexibility index (Phi) is 4.52. The standard InChI is InChI=1S/C19H17ClFNO3/c1-10-8-16(14-9-11(19(24)25)6-7-12(10)14)22(2)18(23)13-4-3-5-15(21)17(13)20/h3-7,9-10,16H,8H2,1-2H3,(H,24,25)/t10?,16-/m1/s1. The summed E-state index contributed by atoms with van der Waals surface area (Å²) in [7, 11) is 1.63. The van der Waals surface area contributed by atoms with Crippen LogP contribution in [0.5, 0.6) is 0 Å². The summed E-state index contributed by atoms with van der Waals surface area (Å²) < 4.78 is 13.7. The lowest BCUT2D eigenvalue weighted by molar-refractivity contribution is 0.0696. The number of carbonyl (C=O) groups is 2. The molecule has 0 radical (unpaired) electrons. The Morgan fingerprint density at radius 1 is 1.24 bits per heavy atom. The second kappa shape index (κ2) is 6.48. The summed E-state index contributed by atoms with van der Waals surface area (Å²) in [6, 6.07) is 8.83. The first-order valence-corrected chi connectivity index (χ1v) is 8.27. The molecule has 0 heterocycles. The van der Waals surface area contributed by atoms with Gasteiger partial charge in [0.05, 0.1) is 22.2 Å². The fourth-order valence-electron chi connectivity index (χ4n) is 3.40. The molecule has 1 amide bonds. The lowest BCUT2D eigenvalue weighted by Gasteiger charge is -2.26. The molecule has 0 saturated carbocycles. The van der Waals surface area contributed by atoms with E-state index in [1.54, 1.807) is 25.2 Å². The average molecular weight is 362 g/mol. The molecule has 2 atom stereocenters. The third-order valence-electron chi connectivity index (χ3n) is 4.77. The van der Waals surface area contributed by atoms with Crippen LogP contribution in [-0.4, -0.2) is 28.9 Å². The first-order valence-electron chi connectivity index (χ1n) is 7.89. The van der Waals surface area contributed by atoms with Gasteiger partial charge in [0.1, 0.15) is 5.82 Å². The van der Waals surface area contributed by atoms with Gasteiger partial charge in [-0.2, -0.15) is 0 Å². The van der Waals surface area contributed by atoms with Crippen molar-refractivity contribution >= 4 is 23.5 Å². The highest BCUT2D eigenvalue weighted by Gasteiger charge is 2.34. The number of benzene rings is 2. The molecule has 0 saturated heterocycles. The normalized spacial score (nSPS) is 18.7. The van der Waals surface area contributed by atoms with Crippen molar-refractivity contribution in [1.29, 1.82) is 0 Å². The topological polar surface area (TPSA) is 57.6 Å². The molecule has 2 aromatic rings. The molecular weight excluding hydrogens is 345 g/mol. The van der Waals surface area contributed by atoms with E-state index in [4.69, 9.17) is 11.6 Å². The van der Waals surface area contributed by atoms with Gasteiger partial charge in [-0.25, -0.2) is 9.18 Å². The van der Waals surface area contributed by atoms with Gasteiger partial charge in [-0.1, -0.05) is 30.7 Å². The van der Waals surface area contributed by atoms with Crippen LogP contribution in [0, 0.1) is 5.82 Å². The first kappa shape index (κ1) is 17.4. The molecule has 6 heteroatoms. The summed E-state index contributed by atoms with van der Waals surface area (Å²) >= 11 is 5.93. The van der Waals surface area contributed by atoms with Gasteiger partial charge in [-0.05, 0) is 47.7 Å². The molecule has 0 aromatic heterocycles. The number of carboxylic acid groups (broad SMARTS) is 1. The van der Waals surface area contributed by atoms with Gasteiger partial charge >= 0.3 is 5.97 Å². The number of hydrogen-bond donors (Lipinski definition) is 1. The van der Waals surface area contributed by atoms with Crippen LogP contribution in [0.1, 0.15) is 57.1 Å². The summed E-state index contributed by atoms with van der Waals surface area (Å²) in [5, 5.41) is 9.02. The number of hydrogen-bond acceptors (Lipinski definition) is 2. The van der Waals surface area contributed by atoms with Crippen molar-refractivity contribution in [2.75, 3.05) is 7.05 Å². The van der Waals surface area contributed by atoms with Gasteiger partial charge in [0, 0.05) is 7.05 Å². The molecular formula is C19H17ClFNO3. The monoisotopic (exact) mass is 361 g/mol. The summed E-state index contributed by atoms with van der Waals surface area (Å²) in [6.45, 7) is 2.03. The Balaban J connectivity index is 1.98. The molecule has 1 aliphatic carbocycles. The molecule has 0 aliphatic heterocycles. The van der Waals surface area contributed by atoms with Crippen LogP contribution >= 0.6 is 11.6 Å². The number of rotatable bonds is 3. The predicted octanol–water partition coefficient (Wildman–Crippen LogP) is 4.50. The zero-order chi connectivity index (χ0) is 18.3. The Morgan fingerprint density at radius 3 is 2.64 bits per heavy atom. The number of carboxylic acids is 1. The van der Waals surface area contributed by atoms with Crippen molar-refractivity contribution in [1.82, 2.24) is 4.90 Å². The van der Waals surface area contributed by atoms with E-state index in [-0.39, 0.29) is 28.1 Å². The number of carbonyl (C=O) groups excluding carboxylic acids is 1. The largest absolute Gasteiger partial charge is 0.478 e. The summed E-state index contributed by atoms with van der Waals surface area (Å²) in [6.07, 6.45) is 0.674. The SMILES string of the molecule is CC1C[C@@H](N(C)C(=O)c2cccc(F)c2Cl)c2cc(C(=O)O)ccc21. The average Bonchev–Trinajstić information content (AvgIpc) is 2.92. The number of amides is 1. The quantitative estimate of drug-likeness (QED) is 0.875. The number of aromatic carboxylic acids is 1. The smallest absolute Gasteiger partial charge is 0.335 e. The fraction of sp³-hybridized carbons (Fsp3) is 0.263. The van der Waals surface area contributed by atoms with Gasteiger partial charge in [0.25, 0.3) is 5.91 Å². The predicted molar refractivity (Wildman–Crippen MR) is 92.7 cm³/mol. The second-order valence-electron chi connectivity index (χ2n) is 6.32. The minimum Gasteiger partial charge on any atom is -0.478 e. The molecule has 3 rings (SSSR count). The first-order chi connectivity index (χ1) is 11.8. The van der Waals surface area contributed by atoms with E-state index in [9.17, 15) is 19.1 Å². The molecule has 0 fully saturated rings. The second-order valence-corrected chi connectivity index (χ2v) is 6.70. The van der Waals surface area contributed by atoms with Gasteiger partial charge in [-0.15, -0.1) is 0 Å². The Bertz CT molecular complexity index is 868. The third kappa shape index (κ3) is 3.00. The van der Waals surface area contributed by atoms with Crippen molar-refractivity contribution in [3.63, 3.8) is 0 Å². The van der Waals surface area contributed by atoms with E-state index < -0.39 is 17.7 Å². The van der Waals surface area contributed by atoms with Crippen LogP contribution in [0.25, 0.3) is 0 Å². The van der Waals surface area contributed by atoms with Crippen LogP contribution in [-0.2, 0) is 0 Å². The van der Waals surface area contributed by atoms with Crippen molar-refractivity contribution in [3.8, 4) is 0 Å². The molecule has 25 heavy (non-hydrogen) atoms. The van der Waals surface area contributed by atoms with Gasteiger partial charge in [0.2, 0.25) is 0 Å². The Labute approximate surface area is 149 Å². The highest BCUT2D eigenvalue weighted by atomic mass is 35.5. The molecule has 4 nitrogen and oxygen atoms in total. The van der Waals surface area contributed by atoms with E-state index in [1.807, 2.05) is 6.92 Å². The Hall–Kier alpha value is -2.40. The van der Waals surface area contributed by atoms with Crippen molar-refractivity contribution in [2.24, 2.45) is 0 Å². The third-order valence-corrected chi connectivity index (χ3v) is 5.15. The minimum absolute atomic E-state index is 0.0969. The van der Waals surface area contributed by atoms with Crippen molar-refractivity contribution in [2.45, 2.75) is 25.3 Å². The number of fused-ring (bicyclic) bond motifs is 1. The molecule has 1 aliphatic rings. The summed E-state index contributed by atoms with van der Waals surface area (Å²) in [5.41, 5.74) is 2.12. The van der Waals surface area contributed by atoms with Crippen LogP contribution in [0.3, 0.4) is 0 Å². The van der Waals surface area contributed by atoms with E-state index in [1.165, 1.54) is 23.1 Å². The maximum absolute atomic E-state index is 13.7. The van der Waals surface area contributed by atoms with Gasteiger partial charge in [-0.3, -0.25) is 4.79 Å². The number of nitrogens with zero attached hydrogens (tertiary/aromatic N) is 1. The molecule has 130 valence electrons. The number of halogens is 2. The zero-order valence-corrected chi connectivity index (χ0v) is 14.5. The van der Waals surface area contributed by atoms with Crippen molar-refractivity contribution in [3.05, 3.63) is 69.5 Å². The van der Waals surface area contributed by atoms with Crippen LogP contribution in [0.15, 0.2) is 36.4 Å².